The third kappa shape index (κ3) is 4.89. The van der Waals surface area contributed by atoms with Crippen LogP contribution >= 0.6 is 0 Å². The smallest absolute Gasteiger partial charge is 0.237 e. The van der Waals surface area contributed by atoms with Gasteiger partial charge in [-0.2, -0.15) is 4.57 Å². The molecule has 0 aliphatic heterocycles. The van der Waals surface area contributed by atoms with Gasteiger partial charge in [-0.3, -0.25) is 4.79 Å². The maximum absolute atomic E-state index is 13.3. The van der Waals surface area contributed by atoms with Crippen LogP contribution in [0.2, 0.25) is 0 Å². The Bertz CT molecular complexity index is 936. The zero-order valence-electron chi connectivity index (χ0n) is 15.5. The van der Waals surface area contributed by atoms with Crippen LogP contribution in [0.4, 0.5) is 4.39 Å². The van der Waals surface area contributed by atoms with Crippen molar-refractivity contribution in [3.8, 4) is 0 Å². The van der Waals surface area contributed by atoms with Crippen LogP contribution in [0.3, 0.4) is 0 Å². The number of rotatable bonds is 8. The fraction of sp³-hybridized carbons (Fsp3) is 0.227. The van der Waals surface area contributed by atoms with Gasteiger partial charge in [0.25, 0.3) is 0 Å². The zero-order valence-corrected chi connectivity index (χ0v) is 16.4. The molecular weight excluding hydrogens is 375 g/mol. The molecule has 0 bridgehead atoms. The average molecular weight is 396 g/mol. The Morgan fingerprint density at radius 1 is 1.18 bits per heavy atom. The minimum atomic E-state index is -0.786. The number of hydrogen-bond acceptors (Lipinski definition) is 4. The van der Waals surface area contributed by atoms with Crippen molar-refractivity contribution in [1.82, 2.24) is 0 Å². The molecule has 0 aliphatic rings. The molecule has 0 saturated heterocycles. The average Bonchev–Trinajstić information content (AvgIpc) is 3.22. The first kappa shape index (κ1) is 19.9. The number of hydrogen-bond donors (Lipinski definition) is 0. The highest BCUT2D eigenvalue weighted by atomic mass is 32.1. The Morgan fingerprint density at radius 3 is 2.50 bits per heavy atom. The maximum Gasteiger partial charge on any atom is 0.237 e. The molecule has 0 amide bonds. The van der Waals surface area contributed by atoms with Gasteiger partial charge < -0.3 is 22.0 Å². The van der Waals surface area contributed by atoms with Crippen LogP contribution in [0, 0.1) is 5.82 Å². The van der Waals surface area contributed by atoms with Crippen LogP contribution in [0.25, 0.3) is 0 Å². The number of furan rings is 1. The van der Waals surface area contributed by atoms with Gasteiger partial charge in [0.2, 0.25) is 11.8 Å². The molecule has 3 aromatic rings. The second-order valence-corrected chi connectivity index (χ2v) is 6.83. The number of pyridine rings is 1. The van der Waals surface area contributed by atoms with Gasteiger partial charge >= 0.3 is 0 Å². The fourth-order valence-corrected chi connectivity index (χ4v) is 3.18. The maximum atomic E-state index is 13.3. The van der Waals surface area contributed by atoms with E-state index >= 15 is 0 Å². The molecule has 28 heavy (non-hydrogen) atoms. The van der Waals surface area contributed by atoms with E-state index in [2.05, 4.69) is 11.9 Å². The molecule has 0 fully saturated rings. The topological polar surface area (TPSA) is 46.5 Å². The summed E-state index contributed by atoms with van der Waals surface area (Å²) in [5.41, 5.74) is 1.57. The van der Waals surface area contributed by atoms with E-state index in [0.717, 1.165) is 12.8 Å². The molecule has 0 spiro atoms. The molecule has 0 radical (unpaired) electrons. The van der Waals surface area contributed by atoms with Gasteiger partial charge in [0.1, 0.15) is 11.6 Å². The van der Waals surface area contributed by atoms with E-state index in [1.54, 1.807) is 23.0 Å². The highest BCUT2D eigenvalue weighted by Crippen LogP contribution is 2.14. The van der Waals surface area contributed by atoms with Crippen LogP contribution in [0.1, 0.15) is 41.1 Å². The summed E-state index contributed by atoms with van der Waals surface area (Å²) in [7, 11) is 0. The van der Waals surface area contributed by atoms with E-state index in [9.17, 15) is 9.18 Å². The number of aliphatic imine (C=N–C) groups is 1. The molecule has 0 N–H and O–H groups in total. The number of Topliss-reactive ketones (excluding diaryl/α,β-unsaturated/α-hetero) is 1. The van der Waals surface area contributed by atoms with Crippen molar-refractivity contribution >= 4 is 23.5 Å². The van der Waals surface area contributed by atoms with Crippen molar-refractivity contribution in [1.29, 1.82) is 0 Å². The number of ketones is 1. The fourth-order valence-electron chi connectivity index (χ4n) is 2.89. The first-order valence-corrected chi connectivity index (χ1v) is 9.52. The van der Waals surface area contributed by atoms with Gasteiger partial charge in [0, 0.05) is 17.7 Å². The first-order chi connectivity index (χ1) is 13.6. The molecule has 144 valence electrons. The second kappa shape index (κ2) is 9.37. The molecule has 2 heterocycles. The van der Waals surface area contributed by atoms with Crippen LogP contribution in [-0.4, -0.2) is 10.8 Å². The summed E-state index contributed by atoms with van der Waals surface area (Å²) in [5, 5.41) is 0.249. The Labute approximate surface area is 169 Å². The number of carbonyl (C=O) groups excluding carboxylic acids is 1. The molecule has 6 heteroatoms. The van der Waals surface area contributed by atoms with Crippen LogP contribution in [-0.2, 0) is 25.6 Å². The number of nitrogens with zero attached hydrogens (tertiary/aromatic N) is 2. The Balaban J connectivity index is 1.93. The van der Waals surface area contributed by atoms with Gasteiger partial charge in [-0.1, -0.05) is 13.3 Å². The van der Waals surface area contributed by atoms with Gasteiger partial charge in [-0.15, -0.1) is 0 Å². The van der Waals surface area contributed by atoms with Crippen molar-refractivity contribution in [2.45, 2.75) is 32.4 Å². The van der Waals surface area contributed by atoms with Crippen LogP contribution in [0.5, 0.6) is 0 Å². The molecule has 0 aliphatic carbocycles. The van der Waals surface area contributed by atoms with E-state index in [0.29, 0.717) is 11.3 Å². The lowest BCUT2D eigenvalue weighted by Gasteiger charge is -2.18. The number of benzene rings is 1. The van der Waals surface area contributed by atoms with Crippen molar-refractivity contribution in [3.63, 3.8) is 0 Å². The van der Waals surface area contributed by atoms with Crippen molar-refractivity contribution in [2.24, 2.45) is 4.99 Å². The predicted octanol–water partition coefficient (Wildman–Crippen LogP) is 4.23. The third-order valence-electron chi connectivity index (χ3n) is 4.34. The minimum Gasteiger partial charge on any atom is -0.758 e. The second-order valence-electron chi connectivity index (χ2n) is 6.41. The summed E-state index contributed by atoms with van der Waals surface area (Å²) < 4.78 is 20.3. The third-order valence-corrected chi connectivity index (χ3v) is 4.69. The molecule has 0 unspecified atom stereocenters. The van der Waals surface area contributed by atoms with E-state index in [1.807, 2.05) is 24.5 Å². The van der Waals surface area contributed by atoms with Crippen LogP contribution in [0.15, 0.2) is 76.6 Å². The summed E-state index contributed by atoms with van der Waals surface area (Å²) >= 11 is 5.49. The first-order valence-electron chi connectivity index (χ1n) is 9.11. The molecule has 1 aromatic carbocycles. The number of aryl methyl sites for hydroxylation is 1. The van der Waals surface area contributed by atoms with E-state index in [1.165, 1.54) is 29.8 Å². The quantitative estimate of drug-likeness (QED) is 0.188. The van der Waals surface area contributed by atoms with Crippen molar-refractivity contribution in [3.05, 3.63) is 89.9 Å². The van der Waals surface area contributed by atoms with Gasteiger partial charge in [0.15, 0.2) is 12.4 Å². The minimum absolute atomic E-state index is 0.235. The molecule has 3 rings (SSSR count). The lowest BCUT2D eigenvalue weighted by molar-refractivity contribution is -0.692. The zero-order chi connectivity index (χ0) is 19.9. The lowest BCUT2D eigenvalue weighted by atomic mass is 10.0. The monoisotopic (exact) mass is 396 g/mol. The largest absolute Gasteiger partial charge is 0.758 e. The molecular formula is C22H21FN2O2S. The molecule has 0 saturated carbocycles. The lowest BCUT2D eigenvalue weighted by Crippen LogP contribution is -2.47. The van der Waals surface area contributed by atoms with Gasteiger partial charge in [-0.05, 0) is 53.4 Å². The summed E-state index contributed by atoms with van der Waals surface area (Å²) in [5.74, 6) is 0.0369. The van der Waals surface area contributed by atoms with Gasteiger partial charge in [-0.25, -0.2) is 4.39 Å². The molecule has 1 atom stereocenters. The summed E-state index contributed by atoms with van der Waals surface area (Å²) in [6, 6.07) is 12.2. The van der Waals surface area contributed by atoms with Gasteiger partial charge in [0.05, 0.1) is 12.8 Å². The van der Waals surface area contributed by atoms with Crippen molar-refractivity contribution in [2.75, 3.05) is 0 Å². The molecule has 2 aromatic heterocycles. The summed E-state index contributed by atoms with van der Waals surface area (Å²) in [4.78, 5) is 17.5. The standard InChI is InChI=1S/C22H21FN2O2S/c1-2-4-16-10-12-25(13-11-16)20(21(26)17-6-8-18(23)9-7-17)22(28)24-15-19-5-3-14-27-19/h3,5-14,20H,2,4,15H2,1H3/t20-/m1/s1. The SMILES string of the molecule is CCCc1cc[n+]([C@H](C(=O)c2ccc(F)cc2)C([S-])=NCc2ccco2)cc1. The number of halogens is 1. The number of carbonyl (C=O) groups is 1. The Kier molecular flexibility index (Phi) is 6.66. The van der Waals surface area contributed by atoms with E-state index < -0.39 is 11.9 Å². The Hall–Kier alpha value is -2.86. The van der Waals surface area contributed by atoms with E-state index in [-0.39, 0.29) is 17.4 Å². The normalized spacial score (nSPS) is 12.7. The Morgan fingerprint density at radius 2 is 1.89 bits per heavy atom. The number of aromatic nitrogens is 1. The summed E-state index contributed by atoms with van der Waals surface area (Å²) in [6.45, 7) is 2.37. The highest BCUT2D eigenvalue weighted by Gasteiger charge is 2.28. The predicted molar refractivity (Wildman–Crippen MR) is 108 cm³/mol. The van der Waals surface area contributed by atoms with E-state index in [4.69, 9.17) is 17.0 Å². The highest BCUT2D eigenvalue weighted by molar-refractivity contribution is 7.77. The van der Waals surface area contributed by atoms with Crippen LogP contribution < -0.4 is 4.57 Å². The summed E-state index contributed by atoms with van der Waals surface area (Å²) in [6.07, 6.45) is 7.25. The van der Waals surface area contributed by atoms with Crippen molar-refractivity contribution < 1.29 is 18.2 Å². The molecule has 4 nitrogen and oxygen atoms in total.